The van der Waals surface area contributed by atoms with Crippen LogP contribution in [0.4, 0.5) is 5.69 Å². The molecule has 0 spiro atoms. The number of non-ortho nitro benzene ring substituents is 1. The predicted molar refractivity (Wildman–Crippen MR) is 127 cm³/mol. The quantitative estimate of drug-likeness (QED) is 0.290. The summed E-state index contributed by atoms with van der Waals surface area (Å²) in [6, 6.07) is 11.7. The highest BCUT2D eigenvalue weighted by atomic mass is 16.6. The second-order valence-corrected chi connectivity index (χ2v) is 8.29. The summed E-state index contributed by atoms with van der Waals surface area (Å²) in [6.07, 6.45) is 0. The average Bonchev–Trinajstić information content (AvgIpc) is 2.83. The number of nitrogens with zero attached hydrogens (tertiary/aromatic N) is 1. The van der Waals surface area contributed by atoms with E-state index in [1.165, 1.54) is 44.6 Å². The summed E-state index contributed by atoms with van der Waals surface area (Å²) >= 11 is 0. The molecule has 0 aliphatic carbocycles. The zero-order valence-corrected chi connectivity index (χ0v) is 20.0. The van der Waals surface area contributed by atoms with Crippen molar-refractivity contribution >= 4 is 17.6 Å². The highest BCUT2D eigenvalue weighted by Crippen LogP contribution is 2.55. The zero-order valence-electron chi connectivity index (χ0n) is 20.0. The van der Waals surface area contributed by atoms with Crippen molar-refractivity contribution in [1.29, 1.82) is 0 Å². The minimum atomic E-state index is -1.73. The average molecular weight is 479 g/mol. The molecule has 3 atom stereocenters. The molecule has 0 aromatic heterocycles. The molecule has 0 fully saturated rings. The van der Waals surface area contributed by atoms with E-state index in [-0.39, 0.29) is 17.0 Å². The third kappa shape index (κ3) is 3.97. The van der Waals surface area contributed by atoms with Crippen LogP contribution in [0.2, 0.25) is 0 Å². The summed E-state index contributed by atoms with van der Waals surface area (Å²) in [6.45, 7) is 4.97. The number of phenolic OH excluding ortho intramolecular Hbond substituents is 1. The van der Waals surface area contributed by atoms with Gasteiger partial charge in [0.1, 0.15) is 16.7 Å². The largest absolute Gasteiger partial charge is 0.508 e. The van der Waals surface area contributed by atoms with Gasteiger partial charge in [0, 0.05) is 23.7 Å². The summed E-state index contributed by atoms with van der Waals surface area (Å²) in [5.74, 6) is 3.36. The fourth-order valence-electron chi connectivity index (χ4n) is 5.04. The lowest BCUT2D eigenvalue weighted by molar-refractivity contribution is -0.384. The number of aromatic hydroxyl groups is 1. The van der Waals surface area contributed by atoms with Gasteiger partial charge < -0.3 is 19.9 Å². The SMILES string of the molecule is CC#CC1(C)NC(C)=C(C(=O)OC)C(c2cccc([N+](=O)[O-])c2)C1(C(=O)OC)c1ccc(O)cc1. The first-order chi connectivity index (χ1) is 16.6. The maximum atomic E-state index is 13.9. The molecule has 3 rings (SSSR count). The lowest BCUT2D eigenvalue weighted by Crippen LogP contribution is -2.68. The molecule has 3 unspecified atom stereocenters. The Kier molecular flexibility index (Phi) is 6.87. The van der Waals surface area contributed by atoms with Gasteiger partial charge in [-0.05, 0) is 44.0 Å². The Morgan fingerprint density at radius 1 is 1.14 bits per heavy atom. The first-order valence-corrected chi connectivity index (χ1v) is 10.7. The second-order valence-electron chi connectivity index (χ2n) is 8.29. The van der Waals surface area contributed by atoms with Gasteiger partial charge in [-0.3, -0.25) is 14.9 Å². The number of phenols is 1. The first-order valence-electron chi connectivity index (χ1n) is 10.7. The van der Waals surface area contributed by atoms with Gasteiger partial charge in [0.2, 0.25) is 0 Å². The number of carbonyl (C=O) groups excluding carboxylic acids is 2. The lowest BCUT2D eigenvalue weighted by Gasteiger charge is -2.53. The van der Waals surface area contributed by atoms with Crippen LogP contribution in [-0.4, -0.2) is 41.7 Å². The molecule has 0 radical (unpaired) electrons. The van der Waals surface area contributed by atoms with Crippen LogP contribution in [0.3, 0.4) is 0 Å². The first kappa shape index (κ1) is 25.3. The number of hydrogen-bond donors (Lipinski definition) is 2. The van der Waals surface area contributed by atoms with Crippen LogP contribution < -0.4 is 5.32 Å². The summed E-state index contributed by atoms with van der Waals surface area (Å²) in [4.78, 5) is 38.1. The maximum Gasteiger partial charge on any atom is 0.336 e. The number of carbonyl (C=O) groups is 2. The van der Waals surface area contributed by atoms with E-state index in [0.717, 1.165) is 0 Å². The van der Waals surface area contributed by atoms with Crippen LogP contribution in [-0.2, 0) is 24.5 Å². The van der Waals surface area contributed by atoms with Crippen LogP contribution in [0.15, 0.2) is 59.8 Å². The normalized spacial score (nSPS) is 23.4. The summed E-state index contributed by atoms with van der Waals surface area (Å²) in [5, 5.41) is 24.8. The summed E-state index contributed by atoms with van der Waals surface area (Å²) in [7, 11) is 2.44. The highest BCUT2D eigenvalue weighted by molar-refractivity contribution is 5.98. The molecule has 0 amide bonds. The van der Waals surface area contributed by atoms with Gasteiger partial charge in [0.15, 0.2) is 0 Å². The molecule has 9 nitrogen and oxygen atoms in total. The number of esters is 2. The lowest BCUT2D eigenvalue weighted by atomic mass is 9.53. The van der Waals surface area contributed by atoms with Crippen molar-refractivity contribution in [3.63, 3.8) is 0 Å². The molecule has 2 aromatic rings. The predicted octanol–water partition coefficient (Wildman–Crippen LogP) is 3.33. The molecule has 0 saturated heterocycles. The Balaban J connectivity index is 2.59. The van der Waals surface area contributed by atoms with Crippen LogP contribution in [0.5, 0.6) is 5.75 Å². The monoisotopic (exact) mass is 478 g/mol. The topological polar surface area (TPSA) is 128 Å². The van der Waals surface area contributed by atoms with Crippen LogP contribution in [0.25, 0.3) is 0 Å². The summed E-state index contributed by atoms with van der Waals surface area (Å²) < 4.78 is 10.4. The molecule has 9 heteroatoms. The van der Waals surface area contributed by atoms with Gasteiger partial charge in [-0.1, -0.05) is 30.2 Å². The van der Waals surface area contributed by atoms with E-state index in [2.05, 4.69) is 17.2 Å². The number of allylic oxidation sites excluding steroid dienone is 1. The minimum absolute atomic E-state index is 0.0346. The van der Waals surface area contributed by atoms with Crippen molar-refractivity contribution < 1.29 is 29.1 Å². The Bertz CT molecular complexity index is 1270. The van der Waals surface area contributed by atoms with Crippen molar-refractivity contribution in [1.82, 2.24) is 5.32 Å². The van der Waals surface area contributed by atoms with E-state index in [1.54, 1.807) is 39.0 Å². The number of nitro groups is 1. The van der Waals surface area contributed by atoms with E-state index in [4.69, 9.17) is 9.47 Å². The molecule has 0 bridgehead atoms. The van der Waals surface area contributed by atoms with Crippen LogP contribution >= 0.6 is 0 Å². The van der Waals surface area contributed by atoms with Crippen LogP contribution in [0, 0.1) is 22.0 Å². The molecule has 35 heavy (non-hydrogen) atoms. The Morgan fingerprint density at radius 2 is 1.80 bits per heavy atom. The molecule has 182 valence electrons. The molecule has 2 N–H and O–H groups in total. The number of hydrogen-bond acceptors (Lipinski definition) is 8. The standard InChI is InChI=1S/C26H26N2O7/c1-6-14-25(3)26(24(31)35-5,18-10-12-20(29)13-11-18)22(21(16(2)27-25)23(30)34-4)17-8-7-9-19(15-17)28(32)33/h7-13,15,22,27,29H,1-5H3. The van der Waals surface area contributed by atoms with E-state index < -0.39 is 33.7 Å². The Labute approximate surface area is 202 Å². The third-order valence-corrected chi connectivity index (χ3v) is 6.38. The fraction of sp³-hybridized carbons (Fsp3) is 0.308. The number of rotatable bonds is 5. The number of benzene rings is 2. The Morgan fingerprint density at radius 3 is 2.34 bits per heavy atom. The number of nitrogens with one attached hydrogen (secondary N) is 1. The van der Waals surface area contributed by atoms with E-state index in [1.807, 2.05) is 0 Å². The molecule has 1 aliphatic rings. The smallest absolute Gasteiger partial charge is 0.336 e. The van der Waals surface area contributed by atoms with Crippen molar-refractivity contribution in [2.45, 2.75) is 37.6 Å². The number of nitro benzene ring substituents is 1. The number of methoxy groups -OCH3 is 2. The zero-order chi connectivity index (χ0) is 26.0. The third-order valence-electron chi connectivity index (χ3n) is 6.38. The highest BCUT2D eigenvalue weighted by Gasteiger charge is 2.65. The van der Waals surface area contributed by atoms with Crippen molar-refractivity contribution in [2.24, 2.45) is 0 Å². The minimum Gasteiger partial charge on any atom is -0.508 e. The van der Waals surface area contributed by atoms with Crippen LogP contribution in [0.1, 0.15) is 37.8 Å². The fourth-order valence-corrected chi connectivity index (χ4v) is 5.04. The van der Waals surface area contributed by atoms with Gasteiger partial charge in [0.25, 0.3) is 5.69 Å². The van der Waals surface area contributed by atoms with Gasteiger partial charge in [-0.25, -0.2) is 4.79 Å². The van der Waals surface area contributed by atoms with E-state index in [0.29, 0.717) is 16.8 Å². The van der Waals surface area contributed by atoms with Gasteiger partial charge in [-0.2, -0.15) is 0 Å². The van der Waals surface area contributed by atoms with Crippen molar-refractivity contribution in [3.8, 4) is 17.6 Å². The van der Waals surface area contributed by atoms with E-state index in [9.17, 15) is 24.8 Å². The van der Waals surface area contributed by atoms with Gasteiger partial charge >= 0.3 is 11.9 Å². The van der Waals surface area contributed by atoms with Gasteiger partial charge in [-0.15, -0.1) is 5.92 Å². The molecular weight excluding hydrogens is 452 g/mol. The van der Waals surface area contributed by atoms with Crippen molar-refractivity contribution in [2.75, 3.05) is 14.2 Å². The molecule has 1 heterocycles. The van der Waals surface area contributed by atoms with Gasteiger partial charge in [0.05, 0.1) is 24.7 Å². The van der Waals surface area contributed by atoms with E-state index >= 15 is 0 Å². The van der Waals surface area contributed by atoms with Crippen molar-refractivity contribution in [3.05, 3.63) is 81.0 Å². The second kappa shape index (κ2) is 9.50. The summed E-state index contributed by atoms with van der Waals surface area (Å²) in [5.41, 5.74) is -2.08. The molecule has 1 aliphatic heterocycles. The molecule has 0 saturated carbocycles. The Hall–Kier alpha value is -4.32. The molecule has 2 aromatic carbocycles. The maximum absolute atomic E-state index is 13.9. The molecular formula is C26H26N2O7. The number of ether oxygens (including phenoxy) is 2.